The number of nitrogens with zero attached hydrogens (tertiary/aromatic N) is 4. The Hall–Kier alpha value is -4.70. The lowest BCUT2D eigenvalue weighted by atomic mass is 10.1. The third kappa shape index (κ3) is 17.9. The summed E-state index contributed by atoms with van der Waals surface area (Å²) >= 11 is 0. The van der Waals surface area contributed by atoms with Crippen molar-refractivity contribution < 1.29 is 39.1 Å². The summed E-state index contributed by atoms with van der Waals surface area (Å²) in [6.45, 7) is 4.64. The first-order chi connectivity index (χ1) is 29.4. The Morgan fingerprint density at radius 2 is 0.917 bits per heavy atom. The van der Waals surface area contributed by atoms with E-state index < -0.39 is 0 Å². The molecule has 0 aliphatic heterocycles. The number of benzene rings is 2. The predicted octanol–water partition coefficient (Wildman–Crippen LogP) is 4.06. The van der Waals surface area contributed by atoms with Crippen LogP contribution in [0.15, 0.2) is 97.3 Å². The largest absolute Gasteiger partial charge is 0.395 e. The van der Waals surface area contributed by atoms with Gasteiger partial charge in [0.1, 0.15) is 13.1 Å². The van der Waals surface area contributed by atoms with Crippen molar-refractivity contribution in [3.05, 3.63) is 120 Å². The molecular weight excluding hydrogens is 797 g/mol. The van der Waals surface area contributed by atoms with Gasteiger partial charge in [-0.3, -0.25) is 9.59 Å². The fraction of sp³-hybridized carbons (Fsp3) is 0.391. The van der Waals surface area contributed by atoms with Crippen LogP contribution in [0.2, 0.25) is 0 Å². The Bertz CT molecular complexity index is 1750. The van der Waals surface area contributed by atoms with Crippen molar-refractivity contribution >= 4 is 69.1 Å². The molecule has 0 fully saturated rings. The molecule has 14 heteroatoms. The third-order valence-corrected chi connectivity index (χ3v) is 12.0. The summed E-state index contributed by atoms with van der Waals surface area (Å²) < 4.78 is 4.29. The number of anilines is 2. The highest BCUT2D eigenvalue weighted by molar-refractivity contribution is 8.76. The zero-order valence-corrected chi connectivity index (χ0v) is 36.1. The number of rotatable bonds is 29. The average Bonchev–Trinajstić information content (AvgIpc) is 3.27. The molecule has 12 nitrogen and oxygen atoms in total. The van der Waals surface area contributed by atoms with Gasteiger partial charge in [0.2, 0.25) is 23.2 Å². The summed E-state index contributed by atoms with van der Waals surface area (Å²) in [4.78, 5) is 28.9. The summed E-state index contributed by atoms with van der Waals surface area (Å²) in [5.74, 6) is 1.67. The Kier molecular flexibility index (Phi) is 23.0. The smallest absolute Gasteiger partial charge is 0.220 e. The fourth-order valence-corrected chi connectivity index (χ4v) is 8.26. The van der Waals surface area contributed by atoms with E-state index in [1.165, 1.54) is 0 Å². The fourth-order valence-electron chi connectivity index (χ4n) is 6.45. The Balaban J connectivity index is 1.05. The Labute approximate surface area is 363 Å². The molecule has 6 N–H and O–H groups in total. The van der Waals surface area contributed by atoms with E-state index in [2.05, 4.69) is 56.2 Å². The first-order valence-electron chi connectivity index (χ1n) is 20.7. The number of aliphatic hydroxyl groups is 4. The first-order valence-corrected chi connectivity index (χ1v) is 23.2. The maximum Gasteiger partial charge on any atom is 0.220 e. The summed E-state index contributed by atoms with van der Waals surface area (Å²) in [7, 11) is 3.38. The third-order valence-electron chi connectivity index (χ3n) is 9.54. The second-order valence-corrected chi connectivity index (χ2v) is 16.6. The Morgan fingerprint density at radius 1 is 0.533 bits per heavy atom. The van der Waals surface area contributed by atoms with Gasteiger partial charge in [0.15, 0.2) is 12.4 Å². The lowest BCUT2D eigenvalue weighted by Crippen LogP contribution is -2.37. The van der Waals surface area contributed by atoms with Crippen LogP contribution >= 0.6 is 21.6 Å². The Morgan fingerprint density at radius 3 is 1.28 bits per heavy atom. The molecule has 2 aromatic carbocycles. The molecule has 0 aliphatic rings. The molecule has 0 saturated carbocycles. The number of aliphatic hydroxyl groups excluding tert-OH is 4. The van der Waals surface area contributed by atoms with Gasteiger partial charge in [-0.2, -0.15) is 9.13 Å². The van der Waals surface area contributed by atoms with Crippen LogP contribution in [0.25, 0.3) is 24.3 Å². The second kappa shape index (κ2) is 28.7. The second-order valence-electron chi connectivity index (χ2n) is 13.9. The minimum atomic E-state index is 0.0276. The summed E-state index contributed by atoms with van der Waals surface area (Å²) in [6.07, 6.45) is 14.6. The molecule has 0 radical (unpaired) electrons. The minimum Gasteiger partial charge on any atom is -0.395 e. The molecule has 0 unspecified atom stereocenters. The number of aromatic nitrogens is 2. The van der Waals surface area contributed by atoms with Gasteiger partial charge in [-0.1, -0.05) is 45.9 Å². The lowest BCUT2D eigenvalue weighted by Gasteiger charge is -2.22. The number of pyridine rings is 2. The van der Waals surface area contributed by atoms with E-state index in [9.17, 15) is 30.0 Å². The molecule has 0 saturated heterocycles. The summed E-state index contributed by atoms with van der Waals surface area (Å²) in [5.41, 5.74) is 6.08. The van der Waals surface area contributed by atoms with E-state index in [-0.39, 0.29) is 38.2 Å². The van der Waals surface area contributed by atoms with Gasteiger partial charge in [0.25, 0.3) is 0 Å². The normalized spacial score (nSPS) is 11.3. The maximum atomic E-state index is 12.5. The molecule has 2 amide bonds. The lowest BCUT2D eigenvalue weighted by molar-refractivity contribution is -0.699. The van der Waals surface area contributed by atoms with Crippen LogP contribution in [0.5, 0.6) is 0 Å². The maximum absolute atomic E-state index is 12.5. The quantitative estimate of drug-likeness (QED) is 0.0268. The molecule has 0 atom stereocenters. The van der Waals surface area contributed by atoms with E-state index in [1.54, 1.807) is 21.6 Å². The number of hydrogen-bond acceptors (Lipinski definition) is 10. The van der Waals surface area contributed by atoms with Gasteiger partial charge < -0.3 is 40.9 Å². The van der Waals surface area contributed by atoms with Gasteiger partial charge in [0, 0.05) is 124 Å². The van der Waals surface area contributed by atoms with Crippen molar-refractivity contribution in [3.63, 3.8) is 0 Å². The standard InChI is InChI=1S/C46H60N6O6S2/c53-33-29-51(30-34-54)43-19-13-39(14-20-43)11-17-41-7-1-3-25-49(41)27-5-9-45(57)47-23-37-59-60-38-24-48-46(58)10-6-28-50-26-4-2-8-42(50)18-12-40-15-21-44(22-16-40)52(31-35-55)32-36-56/h1-4,7-8,11-22,25-26,53-56H,5-6,9-10,23-24,27-38H2/p+2. The average molecular weight is 859 g/mol. The van der Waals surface area contributed by atoms with E-state index in [1.807, 2.05) is 95.0 Å². The van der Waals surface area contributed by atoms with Crippen LogP contribution in [-0.2, 0) is 22.7 Å². The topological polar surface area (TPSA) is 153 Å². The van der Waals surface area contributed by atoms with Crippen LogP contribution in [0, 0.1) is 0 Å². The SMILES string of the molecule is O=C(CCC[n+]1ccccc1C=Cc1ccc(N(CCO)CCO)cc1)NCCSSCCNC(=O)CCC[n+]1ccccc1C=Cc1ccc(N(CCO)CCO)cc1. The molecule has 0 bridgehead atoms. The van der Waals surface area contributed by atoms with Crippen molar-refractivity contribution in [3.8, 4) is 0 Å². The van der Waals surface area contributed by atoms with Crippen molar-refractivity contribution in [1.82, 2.24) is 10.6 Å². The zero-order chi connectivity index (χ0) is 42.6. The van der Waals surface area contributed by atoms with Gasteiger partial charge >= 0.3 is 0 Å². The zero-order valence-electron chi connectivity index (χ0n) is 34.5. The molecule has 0 spiro atoms. The van der Waals surface area contributed by atoms with Gasteiger partial charge in [-0.15, -0.1) is 0 Å². The van der Waals surface area contributed by atoms with Crippen LogP contribution < -0.4 is 29.6 Å². The predicted molar refractivity (Wildman–Crippen MR) is 246 cm³/mol. The highest BCUT2D eigenvalue weighted by atomic mass is 33.1. The highest BCUT2D eigenvalue weighted by Gasteiger charge is 2.11. The van der Waals surface area contributed by atoms with Gasteiger partial charge in [0.05, 0.1) is 26.4 Å². The molecule has 60 heavy (non-hydrogen) atoms. The monoisotopic (exact) mass is 858 g/mol. The van der Waals surface area contributed by atoms with E-state index in [0.29, 0.717) is 52.1 Å². The number of carbonyl (C=O) groups excluding carboxylic acids is 2. The molecule has 322 valence electrons. The van der Waals surface area contributed by atoms with Crippen LogP contribution in [0.3, 0.4) is 0 Å². The van der Waals surface area contributed by atoms with Gasteiger partial charge in [-0.05, 0) is 59.7 Å². The van der Waals surface area contributed by atoms with Crippen LogP contribution in [-0.4, -0.2) is 109 Å². The van der Waals surface area contributed by atoms with Crippen molar-refractivity contribution in [2.75, 3.05) is 87.0 Å². The van der Waals surface area contributed by atoms with E-state index in [4.69, 9.17) is 0 Å². The molecule has 2 heterocycles. The summed E-state index contributed by atoms with van der Waals surface area (Å²) in [5, 5.41) is 43.3. The number of carbonyl (C=O) groups is 2. The molecule has 0 aliphatic carbocycles. The molecule has 4 aromatic rings. The van der Waals surface area contributed by atoms with Gasteiger partial charge in [-0.25, -0.2) is 0 Å². The van der Waals surface area contributed by atoms with E-state index in [0.717, 1.165) is 71.3 Å². The van der Waals surface area contributed by atoms with E-state index >= 15 is 0 Å². The van der Waals surface area contributed by atoms with Crippen molar-refractivity contribution in [2.24, 2.45) is 0 Å². The first kappa shape index (κ1) is 48.0. The molecule has 2 aromatic heterocycles. The van der Waals surface area contributed by atoms with Crippen molar-refractivity contribution in [2.45, 2.75) is 38.8 Å². The number of hydrogen-bond donors (Lipinski definition) is 6. The minimum absolute atomic E-state index is 0.0276. The number of nitrogens with one attached hydrogen (secondary N) is 2. The molecule has 4 rings (SSSR count). The molecular formula is C46H62N6O6S2+2. The van der Waals surface area contributed by atoms with Crippen LogP contribution in [0.1, 0.15) is 48.2 Å². The van der Waals surface area contributed by atoms with Crippen molar-refractivity contribution in [1.29, 1.82) is 0 Å². The highest BCUT2D eigenvalue weighted by Crippen LogP contribution is 2.20. The number of aryl methyl sites for hydroxylation is 2. The summed E-state index contributed by atoms with van der Waals surface area (Å²) in [6, 6.07) is 28.1. The van der Waals surface area contributed by atoms with Crippen LogP contribution in [0.4, 0.5) is 11.4 Å². The number of amides is 2.